The van der Waals surface area contributed by atoms with Crippen LogP contribution in [0.1, 0.15) is 12.8 Å². The predicted octanol–water partition coefficient (Wildman–Crippen LogP) is 0.673. The summed E-state index contributed by atoms with van der Waals surface area (Å²) in [6.45, 7) is 0. The Balaban J connectivity index is 2.73. The summed E-state index contributed by atoms with van der Waals surface area (Å²) in [5.41, 5.74) is 0. The molecule has 2 atom stereocenters. The normalized spacial score (nSPS) is 35.0. The second-order valence-electron chi connectivity index (χ2n) is 2.98. The Morgan fingerprint density at radius 3 is 2.50 bits per heavy atom. The van der Waals surface area contributed by atoms with Crippen LogP contribution >= 0.6 is 0 Å². The summed E-state index contributed by atoms with van der Waals surface area (Å²) >= 11 is 0. The monoisotopic (exact) mass is 191 g/mol. The van der Waals surface area contributed by atoms with Crippen LogP contribution < -0.4 is 0 Å². The van der Waals surface area contributed by atoms with Crippen molar-refractivity contribution in [1.29, 1.82) is 5.26 Å². The highest BCUT2D eigenvalue weighted by molar-refractivity contribution is 7.91. The van der Waals surface area contributed by atoms with Crippen molar-refractivity contribution in [2.45, 2.75) is 19.0 Å². The Bertz CT molecular complexity index is 293. The fraction of sp³-hybridized carbons (Fsp3) is 0.857. The van der Waals surface area contributed by atoms with Gasteiger partial charge in [-0.3, -0.25) is 0 Å². The molecule has 0 aromatic rings. The minimum atomic E-state index is -3.09. The minimum absolute atomic E-state index is 0.0272. The SMILES string of the molecule is N#C[C@H]1CCS(=O)(=O)CC[C@H]1F. The van der Waals surface area contributed by atoms with Gasteiger partial charge >= 0.3 is 0 Å². The van der Waals surface area contributed by atoms with E-state index in [9.17, 15) is 12.8 Å². The average Bonchev–Trinajstić information content (AvgIpc) is 2.13. The first-order valence-electron chi connectivity index (χ1n) is 3.79. The zero-order valence-electron chi connectivity index (χ0n) is 6.53. The Labute approximate surface area is 71.1 Å². The summed E-state index contributed by atoms with van der Waals surface area (Å²) < 4.78 is 35.0. The van der Waals surface area contributed by atoms with Crippen LogP contribution in [0.4, 0.5) is 4.39 Å². The molecule has 0 saturated carbocycles. The number of nitrogens with zero attached hydrogens (tertiary/aromatic N) is 1. The second-order valence-corrected chi connectivity index (χ2v) is 5.28. The summed E-state index contributed by atoms with van der Waals surface area (Å²) in [5.74, 6) is -0.903. The zero-order valence-corrected chi connectivity index (χ0v) is 7.35. The van der Waals surface area contributed by atoms with E-state index in [2.05, 4.69) is 0 Å². The van der Waals surface area contributed by atoms with Crippen molar-refractivity contribution >= 4 is 9.84 Å². The summed E-state index contributed by atoms with van der Waals surface area (Å²) in [4.78, 5) is 0. The van der Waals surface area contributed by atoms with Gasteiger partial charge in [0.15, 0.2) is 0 Å². The number of halogens is 1. The number of alkyl halides is 1. The maximum atomic E-state index is 13.0. The van der Waals surface area contributed by atoms with Crippen LogP contribution in [0.3, 0.4) is 0 Å². The van der Waals surface area contributed by atoms with E-state index in [1.54, 1.807) is 6.07 Å². The molecule has 1 rings (SSSR count). The van der Waals surface area contributed by atoms with Crippen molar-refractivity contribution in [3.05, 3.63) is 0 Å². The first-order valence-corrected chi connectivity index (χ1v) is 5.61. The van der Waals surface area contributed by atoms with E-state index < -0.39 is 21.9 Å². The molecule has 12 heavy (non-hydrogen) atoms. The van der Waals surface area contributed by atoms with Gasteiger partial charge in [0.05, 0.1) is 23.5 Å². The van der Waals surface area contributed by atoms with Gasteiger partial charge in [0.25, 0.3) is 0 Å². The molecule has 0 aromatic carbocycles. The molecular weight excluding hydrogens is 181 g/mol. The van der Waals surface area contributed by atoms with Gasteiger partial charge in [-0.25, -0.2) is 12.8 Å². The third-order valence-corrected chi connectivity index (χ3v) is 3.76. The lowest BCUT2D eigenvalue weighted by molar-refractivity contribution is 0.261. The molecule has 1 heterocycles. The van der Waals surface area contributed by atoms with Crippen molar-refractivity contribution in [1.82, 2.24) is 0 Å². The van der Waals surface area contributed by atoms with E-state index in [1.165, 1.54) is 0 Å². The molecule has 68 valence electrons. The van der Waals surface area contributed by atoms with Crippen LogP contribution in [0.25, 0.3) is 0 Å². The molecule has 3 nitrogen and oxygen atoms in total. The van der Waals surface area contributed by atoms with Gasteiger partial charge in [0.2, 0.25) is 0 Å². The van der Waals surface area contributed by atoms with Crippen molar-refractivity contribution in [2.24, 2.45) is 5.92 Å². The Morgan fingerprint density at radius 2 is 1.92 bits per heavy atom. The van der Waals surface area contributed by atoms with Crippen molar-refractivity contribution in [3.63, 3.8) is 0 Å². The predicted molar refractivity (Wildman–Crippen MR) is 41.9 cm³/mol. The number of hydrogen-bond donors (Lipinski definition) is 0. The molecule has 0 aromatic heterocycles. The van der Waals surface area contributed by atoms with E-state index in [1.807, 2.05) is 0 Å². The Morgan fingerprint density at radius 1 is 1.33 bits per heavy atom. The highest BCUT2D eigenvalue weighted by Crippen LogP contribution is 2.21. The van der Waals surface area contributed by atoms with Crippen molar-refractivity contribution < 1.29 is 12.8 Å². The van der Waals surface area contributed by atoms with Gasteiger partial charge < -0.3 is 0 Å². The number of sulfone groups is 1. The largest absolute Gasteiger partial charge is 0.246 e. The maximum Gasteiger partial charge on any atom is 0.150 e. The lowest BCUT2D eigenvalue weighted by Gasteiger charge is -2.06. The molecule has 1 aliphatic rings. The van der Waals surface area contributed by atoms with Gasteiger partial charge in [-0.2, -0.15) is 5.26 Å². The van der Waals surface area contributed by atoms with Gasteiger partial charge in [0, 0.05) is 0 Å². The molecule has 0 aliphatic carbocycles. The highest BCUT2D eigenvalue weighted by Gasteiger charge is 2.28. The van der Waals surface area contributed by atoms with Crippen LogP contribution in [-0.2, 0) is 9.84 Å². The zero-order chi connectivity index (χ0) is 9.19. The van der Waals surface area contributed by atoms with Crippen LogP contribution in [-0.4, -0.2) is 26.1 Å². The number of rotatable bonds is 0. The molecule has 0 amide bonds. The van der Waals surface area contributed by atoms with E-state index in [0.717, 1.165) is 0 Å². The molecule has 1 saturated heterocycles. The first kappa shape index (κ1) is 9.46. The minimum Gasteiger partial charge on any atom is -0.246 e. The quantitative estimate of drug-likeness (QED) is 0.565. The molecule has 0 unspecified atom stereocenters. The molecule has 1 aliphatic heterocycles. The van der Waals surface area contributed by atoms with E-state index in [0.29, 0.717) is 0 Å². The number of hydrogen-bond acceptors (Lipinski definition) is 3. The fourth-order valence-corrected chi connectivity index (χ4v) is 2.63. The Hall–Kier alpha value is -0.630. The maximum absolute atomic E-state index is 13.0. The second kappa shape index (κ2) is 3.40. The van der Waals surface area contributed by atoms with Crippen LogP contribution in [0, 0.1) is 17.2 Å². The molecular formula is C7H10FNO2S. The van der Waals surface area contributed by atoms with Crippen molar-refractivity contribution in [2.75, 3.05) is 11.5 Å². The Kier molecular flexibility index (Phi) is 2.68. The standard InChI is InChI=1S/C7H10FNO2S/c8-7-2-4-12(10,11)3-1-6(7)5-9/h6-7H,1-4H2/t6-,7-/m1/s1. The first-order chi connectivity index (χ1) is 5.55. The van der Waals surface area contributed by atoms with Gasteiger partial charge in [-0.05, 0) is 12.8 Å². The van der Waals surface area contributed by atoms with Gasteiger partial charge in [-0.15, -0.1) is 0 Å². The van der Waals surface area contributed by atoms with E-state index in [-0.39, 0.29) is 24.3 Å². The lowest BCUT2D eigenvalue weighted by atomic mass is 10.0. The molecule has 5 heteroatoms. The number of nitriles is 1. The van der Waals surface area contributed by atoms with Gasteiger partial charge in [0.1, 0.15) is 16.0 Å². The summed E-state index contributed by atoms with van der Waals surface area (Å²) in [6, 6.07) is 1.79. The highest BCUT2D eigenvalue weighted by atomic mass is 32.2. The average molecular weight is 191 g/mol. The molecule has 0 radical (unpaired) electrons. The summed E-state index contributed by atoms with van der Waals surface area (Å²) in [5, 5.41) is 8.47. The van der Waals surface area contributed by atoms with E-state index in [4.69, 9.17) is 5.26 Å². The molecule has 0 N–H and O–H groups in total. The third kappa shape index (κ3) is 2.18. The summed E-state index contributed by atoms with van der Waals surface area (Å²) in [7, 11) is -3.09. The van der Waals surface area contributed by atoms with Gasteiger partial charge in [-0.1, -0.05) is 0 Å². The molecule has 1 fully saturated rings. The molecule has 0 bridgehead atoms. The lowest BCUT2D eigenvalue weighted by Crippen LogP contribution is -2.12. The van der Waals surface area contributed by atoms with E-state index >= 15 is 0 Å². The third-order valence-electron chi connectivity index (χ3n) is 2.05. The van der Waals surface area contributed by atoms with Crippen LogP contribution in [0.5, 0.6) is 0 Å². The topological polar surface area (TPSA) is 57.9 Å². The summed E-state index contributed by atoms with van der Waals surface area (Å²) in [6.07, 6.45) is -1.16. The van der Waals surface area contributed by atoms with Crippen molar-refractivity contribution in [3.8, 4) is 6.07 Å². The van der Waals surface area contributed by atoms with Crippen LogP contribution in [0.15, 0.2) is 0 Å². The smallest absolute Gasteiger partial charge is 0.150 e. The fourth-order valence-electron chi connectivity index (χ4n) is 1.23. The molecule has 0 spiro atoms. The van der Waals surface area contributed by atoms with Crippen LogP contribution in [0.2, 0.25) is 0 Å².